The molecule has 0 atom stereocenters. The Kier molecular flexibility index (Phi) is 5.29. The molecule has 0 heterocycles. The Bertz CT molecular complexity index is 874. The van der Waals surface area contributed by atoms with Crippen molar-refractivity contribution in [3.05, 3.63) is 58.7 Å². The van der Waals surface area contributed by atoms with Crippen molar-refractivity contribution >= 4 is 21.6 Å². The number of sulfonamides is 1. The summed E-state index contributed by atoms with van der Waals surface area (Å²) in [4.78, 5) is 12.1. The predicted octanol–water partition coefficient (Wildman–Crippen LogP) is 3.16. The van der Waals surface area contributed by atoms with Gasteiger partial charge >= 0.3 is 0 Å². The van der Waals surface area contributed by atoms with Gasteiger partial charge in [-0.25, -0.2) is 8.42 Å². The smallest absolute Gasteiger partial charge is 0.261 e. The number of rotatable bonds is 5. The molecule has 0 aliphatic heterocycles. The summed E-state index contributed by atoms with van der Waals surface area (Å²) < 4.78 is 27.9. The third-order valence-electron chi connectivity index (χ3n) is 3.95. The summed E-state index contributed by atoms with van der Waals surface area (Å²) in [5.74, 6) is -0.279. The van der Waals surface area contributed by atoms with Crippen LogP contribution in [0.15, 0.2) is 41.3 Å². The molecule has 1 amide bonds. The standard InChI is InChI=1S/C18H22N2O3S/c1-5-19-18(21)16-11-15(10-9-13(16)3)24(22,23)20-17-8-6-7-12(2)14(17)4/h6-11,20H,5H2,1-4H3,(H,19,21). The van der Waals surface area contributed by atoms with Gasteiger partial charge in [-0.3, -0.25) is 9.52 Å². The fourth-order valence-corrected chi connectivity index (χ4v) is 3.48. The van der Waals surface area contributed by atoms with E-state index in [9.17, 15) is 13.2 Å². The van der Waals surface area contributed by atoms with Gasteiger partial charge in [-0.2, -0.15) is 0 Å². The van der Waals surface area contributed by atoms with Gasteiger partial charge in [0, 0.05) is 12.1 Å². The second-order valence-electron chi connectivity index (χ2n) is 5.69. The Hall–Kier alpha value is -2.34. The van der Waals surface area contributed by atoms with E-state index in [1.165, 1.54) is 12.1 Å². The Morgan fingerprint density at radius 3 is 2.42 bits per heavy atom. The van der Waals surface area contributed by atoms with Crippen LogP contribution in [0.5, 0.6) is 0 Å². The molecule has 128 valence electrons. The van der Waals surface area contributed by atoms with Gasteiger partial charge in [0.05, 0.1) is 10.6 Å². The topological polar surface area (TPSA) is 75.3 Å². The first-order valence-corrected chi connectivity index (χ1v) is 9.22. The number of hydrogen-bond acceptors (Lipinski definition) is 3. The molecular formula is C18H22N2O3S. The molecule has 6 heteroatoms. The number of anilines is 1. The third-order valence-corrected chi connectivity index (χ3v) is 5.31. The van der Waals surface area contributed by atoms with E-state index < -0.39 is 10.0 Å². The molecule has 24 heavy (non-hydrogen) atoms. The van der Waals surface area contributed by atoms with Crippen LogP contribution < -0.4 is 10.0 Å². The molecular weight excluding hydrogens is 324 g/mol. The minimum atomic E-state index is -3.77. The molecule has 0 bridgehead atoms. The second-order valence-corrected chi connectivity index (χ2v) is 7.37. The number of carbonyl (C=O) groups is 1. The van der Waals surface area contributed by atoms with Crippen LogP contribution in [0.25, 0.3) is 0 Å². The predicted molar refractivity (Wildman–Crippen MR) is 95.9 cm³/mol. The molecule has 0 spiro atoms. The fourth-order valence-electron chi connectivity index (χ4n) is 2.33. The van der Waals surface area contributed by atoms with Crippen molar-refractivity contribution in [2.24, 2.45) is 0 Å². The van der Waals surface area contributed by atoms with Crippen molar-refractivity contribution in [2.75, 3.05) is 11.3 Å². The van der Waals surface area contributed by atoms with Gasteiger partial charge in [-0.05, 0) is 62.6 Å². The number of benzene rings is 2. The number of nitrogens with one attached hydrogen (secondary N) is 2. The van der Waals surface area contributed by atoms with E-state index in [-0.39, 0.29) is 10.8 Å². The van der Waals surface area contributed by atoms with Gasteiger partial charge in [0.25, 0.3) is 15.9 Å². The average molecular weight is 346 g/mol. The summed E-state index contributed by atoms with van der Waals surface area (Å²) in [7, 11) is -3.77. The molecule has 0 aliphatic rings. The Labute approximate surface area is 143 Å². The van der Waals surface area contributed by atoms with Crippen molar-refractivity contribution in [1.82, 2.24) is 5.32 Å². The lowest BCUT2D eigenvalue weighted by atomic mass is 10.1. The Morgan fingerprint density at radius 1 is 1.04 bits per heavy atom. The van der Waals surface area contributed by atoms with E-state index in [4.69, 9.17) is 0 Å². The first kappa shape index (κ1) is 18.0. The molecule has 0 saturated heterocycles. The van der Waals surface area contributed by atoms with E-state index in [2.05, 4.69) is 10.0 Å². The van der Waals surface area contributed by atoms with Crippen LogP contribution in [0.1, 0.15) is 34.0 Å². The molecule has 2 aromatic carbocycles. The highest BCUT2D eigenvalue weighted by Crippen LogP contribution is 2.23. The zero-order valence-electron chi connectivity index (χ0n) is 14.3. The van der Waals surface area contributed by atoms with Gasteiger partial charge in [0.2, 0.25) is 0 Å². The van der Waals surface area contributed by atoms with Crippen molar-refractivity contribution < 1.29 is 13.2 Å². The van der Waals surface area contributed by atoms with Gasteiger partial charge in [0.15, 0.2) is 0 Å². The lowest BCUT2D eigenvalue weighted by Crippen LogP contribution is -2.24. The normalized spacial score (nSPS) is 11.2. The van der Waals surface area contributed by atoms with Crippen LogP contribution in [-0.2, 0) is 10.0 Å². The largest absolute Gasteiger partial charge is 0.352 e. The van der Waals surface area contributed by atoms with Crippen LogP contribution in [-0.4, -0.2) is 20.9 Å². The van der Waals surface area contributed by atoms with E-state index in [1.54, 1.807) is 25.1 Å². The number of hydrogen-bond donors (Lipinski definition) is 2. The van der Waals surface area contributed by atoms with Crippen LogP contribution >= 0.6 is 0 Å². The second kappa shape index (κ2) is 7.05. The van der Waals surface area contributed by atoms with Crippen LogP contribution in [0.3, 0.4) is 0 Å². The molecule has 2 rings (SSSR count). The van der Waals surface area contributed by atoms with E-state index in [0.29, 0.717) is 17.8 Å². The average Bonchev–Trinajstić information content (AvgIpc) is 2.52. The monoisotopic (exact) mass is 346 g/mol. The lowest BCUT2D eigenvalue weighted by Gasteiger charge is -2.13. The number of amides is 1. The molecule has 2 N–H and O–H groups in total. The van der Waals surface area contributed by atoms with Gasteiger partial charge in [0.1, 0.15) is 0 Å². The van der Waals surface area contributed by atoms with Gasteiger partial charge in [-0.1, -0.05) is 18.2 Å². The summed E-state index contributed by atoms with van der Waals surface area (Å²) >= 11 is 0. The zero-order valence-corrected chi connectivity index (χ0v) is 15.1. The quantitative estimate of drug-likeness (QED) is 0.873. The van der Waals surface area contributed by atoms with Crippen LogP contribution in [0.2, 0.25) is 0 Å². The van der Waals surface area contributed by atoms with Crippen molar-refractivity contribution in [1.29, 1.82) is 0 Å². The van der Waals surface area contributed by atoms with Crippen molar-refractivity contribution in [2.45, 2.75) is 32.6 Å². The molecule has 0 fully saturated rings. The summed E-state index contributed by atoms with van der Waals surface area (Å²) in [6.07, 6.45) is 0. The SMILES string of the molecule is CCNC(=O)c1cc(S(=O)(=O)Nc2cccc(C)c2C)ccc1C. The molecule has 0 unspecified atom stereocenters. The first-order chi connectivity index (χ1) is 11.3. The third kappa shape index (κ3) is 3.76. The summed E-state index contributed by atoms with van der Waals surface area (Å²) in [6.45, 7) is 7.86. The molecule has 0 saturated carbocycles. The van der Waals surface area contributed by atoms with E-state index in [0.717, 1.165) is 16.7 Å². The lowest BCUT2D eigenvalue weighted by molar-refractivity contribution is 0.0955. The maximum absolute atomic E-state index is 12.7. The maximum Gasteiger partial charge on any atom is 0.261 e. The summed E-state index contributed by atoms with van der Waals surface area (Å²) in [5.41, 5.74) is 3.50. The van der Waals surface area contributed by atoms with Gasteiger partial charge < -0.3 is 5.32 Å². The van der Waals surface area contributed by atoms with Gasteiger partial charge in [-0.15, -0.1) is 0 Å². The molecule has 0 radical (unpaired) electrons. The Balaban J connectivity index is 2.41. The minimum Gasteiger partial charge on any atom is -0.352 e. The number of carbonyl (C=O) groups excluding carboxylic acids is 1. The van der Waals surface area contributed by atoms with Crippen LogP contribution in [0, 0.1) is 20.8 Å². The molecule has 0 aliphatic carbocycles. The molecule has 5 nitrogen and oxygen atoms in total. The number of aryl methyl sites for hydroxylation is 2. The first-order valence-electron chi connectivity index (χ1n) is 7.74. The molecule has 0 aromatic heterocycles. The highest BCUT2D eigenvalue weighted by Gasteiger charge is 2.19. The Morgan fingerprint density at radius 2 is 1.75 bits per heavy atom. The highest BCUT2D eigenvalue weighted by molar-refractivity contribution is 7.92. The highest BCUT2D eigenvalue weighted by atomic mass is 32.2. The van der Waals surface area contributed by atoms with Crippen molar-refractivity contribution in [3.63, 3.8) is 0 Å². The van der Waals surface area contributed by atoms with Crippen molar-refractivity contribution in [3.8, 4) is 0 Å². The summed E-state index contributed by atoms with van der Waals surface area (Å²) in [6, 6.07) is 10.0. The molecule has 2 aromatic rings. The zero-order chi connectivity index (χ0) is 17.9. The maximum atomic E-state index is 12.7. The van der Waals surface area contributed by atoms with E-state index >= 15 is 0 Å². The fraction of sp³-hybridized carbons (Fsp3) is 0.278. The minimum absolute atomic E-state index is 0.0651. The summed E-state index contributed by atoms with van der Waals surface area (Å²) in [5, 5.41) is 2.69. The van der Waals surface area contributed by atoms with E-state index in [1.807, 2.05) is 26.8 Å². The van der Waals surface area contributed by atoms with Crippen LogP contribution in [0.4, 0.5) is 5.69 Å².